The number of fused-ring (bicyclic) bond motifs is 1. The molecule has 0 saturated heterocycles. The molecule has 1 N–H and O–H groups in total. The van der Waals surface area contributed by atoms with Crippen molar-refractivity contribution in [3.8, 4) is 5.75 Å². The average Bonchev–Trinajstić information content (AvgIpc) is 2.86. The topological polar surface area (TPSA) is 94.6 Å². The van der Waals surface area contributed by atoms with E-state index in [4.69, 9.17) is 4.74 Å². The highest BCUT2D eigenvalue weighted by Gasteiger charge is 2.22. The Labute approximate surface area is 159 Å². The number of carbonyl (C=O) groups is 1. The van der Waals surface area contributed by atoms with Crippen LogP contribution in [0.4, 0.5) is 5.69 Å². The van der Waals surface area contributed by atoms with E-state index in [1.165, 1.54) is 12.1 Å². The fourth-order valence-electron chi connectivity index (χ4n) is 2.93. The molecular weight excluding hydrogens is 368 g/mol. The maximum atomic E-state index is 12.3. The molecule has 0 spiro atoms. The molecule has 1 heterocycles. The van der Waals surface area contributed by atoms with Crippen molar-refractivity contribution in [2.45, 2.75) is 23.6 Å². The van der Waals surface area contributed by atoms with Crippen LogP contribution in [0.1, 0.15) is 23.0 Å². The first kappa shape index (κ1) is 18.8. The molecule has 140 valence electrons. The predicted octanol–water partition coefficient (Wildman–Crippen LogP) is 4.43. The number of benzene rings is 2. The van der Waals surface area contributed by atoms with E-state index in [-0.39, 0.29) is 18.0 Å². The highest BCUT2D eigenvalue weighted by molar-refractivity contribution is 7.99. The highest BCUT2D eigenvalue weighted by Crippen LogP contribution is 2.42. The minimum atomic E-state index is -0.455. The predicted molar refractivity (Wildman–Crippen MR) is 102 cm³/mol. The van der Waals surface area contributed by atoms with E-state index in [0.717, 1.165) is 23.0 Å². The third-order valence-electron chi connectivity index (χ3n) is 4.33. The van der Waals surface area contributed by atoms with Gasteiger partial charge in [0.15, 0.2) is 0 Å². The second kappa shape index (κ2) is 7.32. The lowest BCUT2D eigenvalue weighted by molar-refractivity contribution is -0.387. The molecule has 3 aromatic rings. The molecule has 3 rings (SSSR count). The molecule has 0 aliphatic heterocycles. The third-order valence-corrected chi connectivity index (χ3v) is 5.45. The molecule has 0 atom stereocenters. The molecule has 0 bridgehead atoms. The van der Waals surface area contributed by atoms with Gasteiger partial charge in [0.05, 0.1) is 32.4 Å². The van der Waals surface area contributed by atoms with Crippen molar-refractivity contribution in [1.29, 1.82) is 0 Å². The smallest absolute Gasteiger partial charge is 0.340 e. The van der Waals surface area contributed by atoms with E-state index in [2.05, 4.69) is 0 Å². The lowest BCUT2D eigenvalue weighted by Crippen LogP contribution is -2.06. The molecule has 7 nitrogen and oxygen atoms in total. The van der Waals surface area contributed by atoms with Crippen molar-refractivity contribution in [2.24, 2.45) is 7.05 Å². The van der Waals surface area contributed by atoms with Crippen LogP contribution in [0.15, 0.2) is 46.2 Å². The number of aryl methyl sites for hydroxylation is 1. The molecule has 1 aromatic heterocycles. The van der Waals surface area contributed by atoms with Gasteiger partial charge in [-0.2, -0.15) is 0 Å². The number of ether oxygens (including phenoxy) is 1. The quantitative estimate of drug-likeness (QED) is 0.396. The minimum Gasteiger partial charge on any atom is -0.507 e. The number of nitrogens with zero attached hydrogens (tertiary/aromatic N) is 2. The van der Waals surface area contributed by atoms with E-state index in [1.807, 2.05) is 11.6 Å². The van der Waals surface area contributed by atoms with Crippen LogP contribution in [0, 0.1) is 17.0 Å². The Bertz CT molecular complexity index is 1060. The van der Waals surface area contributed by atoms with Crippen molar-refractivity contribution in [3.05, 3.63) is 57.8 Å². The van der Waals surface area contributed by atoms with Crippen LogP contribution in [0.5, 0.6) is 5.75 Å². The summed E-state index contributed by atoms with van der Waals surface area (Å²) in [6, 6.07) is 9.58. The molecule has 8 heteroatoms. The van der Waals surface area contributed by atoms with Crippen molar-refractivity contribution in [1.82, 2.24) is 4.57 Å². The zero-order valence-electron chi connectivity index (χ0n) is 15.1. The summed E-state index contributed by atoms with van der Waals surface area (Å²) >= 11 is 1.11. The molecule has 0 unspecified atom stereocenters. The number of hydrogen-bond acceptors (Lipinski definition) is 6. The number of nitro groups is 1. The van der Waals surface area contributed by atoms with E-state index >= 15 is 0 Å². The van der Waals surface area contributed by atoms with Gasteiger partial charge in [-0.3, -0.25) is 10.1 Å². The third kappa shape index (κ3) is 3.35. The van der Waals surface area contributed by atoms with Crippen LogP contribution in [0.3, 0.4) is 0 Å². The highest BCUT2D eigenvalue weighted by atomic mass is 32.2. The standard InChI is InChI=1S/C19H18N2O5S/c1-4-26-19(23)18-11(2)20(3)14-10-17(15(22)9-12(14)18)27-16-8-6-5-7-13(16)21(24)25/h5-10,22H,4H2,1-3H3. The van der Waals surface area contributed by atoms with E-state index in [9.17, 15) is 20.0 Å². The van der Waals surface area contributed by atoms with Gasteiger partial charge >= 0.3 is 5.97 Å². The summed E-state index contributed by atoms with van der Waals surface area (Å²) in [5, 5.41) is 22.3. The number of hydrogen-bond donors (Lipinski definition) is 1. The number of para-hydroxylation sites is 1. The van der Waals surface area contributed by atoms with E-state index in [0.29, 0.717) is 20.7 Å². The Morgan fingerprint density at radius 2 is 2.00 bits per heavy atom. The molecule has 0 fully saturated rings. The van der Waals surface area contributed by atoms with Crippen LogP contribution in [0.25, 0.3) is 10.9 Å². The molecule has 2 aromatic carbocycles. The molecule has 0 radical (unpaired) electrons. The van der Waals surface area contributed by atoms with Gasteiger partial charge in [-0.05, 0) is 32.0 Å². The number of aromatic hydroxyl groups is 1. The number of phenols is 1. The van der Waals surface area contributed by atoms with Gasteiger partial charge in [0.1, 0.15) is 5.75 Å². The van der Waals surface area contributed by atoms with Gasteiger partial charge in [-0.15, -0.1) is 0 Å². The monoisotopic (exact) mass is 386 g/mol. The number of esters is 1. The molecule has 0 aliphatic carbocycles. The lowest BCUT2D eigenvalue weighted by atomic mass is 10.1. The molecule has 0 saturated carbocycles. The Kier molecular flexibility index (Phi) is 5.09. The van der Waals surface area contributed by atoms with Crippen molar-refractivity contribution >= 4 is 34.3 Å². The maximum Gasteiger partial charge on any atom is 0.340 e. The molecular formula is C19H18N2O5S. The van der Waals surface area contributed by atoms with Crippen molar-refractivity contribution < 1.29 is 19.6 Å². The Hall–Kier alpha value is -3.00. The van der Waals surface area contributed by atoms with Gasteiger partial charge in [0.2, 0.25) is 0 Å². The second-order valence-electron chi connectivity index (χ2n) is 5.90. The van der Waals surface area contributed by atoms with Gasteiger partial charge in [-0.25, -0.2) is 4.79 Å². The second-order valence-corrected chi connectivity index (χ2v) is 6.99. The number of aromatic nitrogens is 1. The van der Waals surface area contributed by atoms with Crippen molar-refractivity contribution in [2.75, 3.05) is 6.61 Å². The molecule has 0 aliphatic rings. The summed E-state index contributed by atoms with van der Waals surface area (Å²) in [5.74, 6) is -0.499. The Balaban J connectivity index is 2.12. The minimum absolute atomic E-state index is 0.0303. The number of rotatable bonds is 5. The lowest BCUT2D eigenvalue weighted by Gasteiger charge is -2.07. The van der Waals surface area contributed by atoms with Crippen LogP contribution in [0.2, 0.25) is 0 Å². The van der Waals surface area contributed by atoms with Gasteiger partial charge in [-0.1, -0.05) is 23.9 Å². The first-order chi connectivity index (χ1) is 12.8. The number of carbonyl (C=O) groups excluding carboxylic acids is 1. The summed E-state index contributed by atoms with van der Waals surface area (Å²) in [5.41, 5.74) is 1.83. The molecule has 0 amide bonds. The summed E-state index contributed by atoms with van der Waals surface area (Å²) < 4.78 is 6.96. The Morgan fingerprint density at radius 3 is 2.67 bits per heavy atom. The largest absolute Gasteiger partial charge is 0.507 e. The van der Waals surface area contributed by atoms with E-state index in [1.54, 1.807) is 38.1 Å². The van der Waals surface area contributed by atoms with Crippen LogP contribution in [-0.2, 0) is 11.8 Å². The number of nitro benzene ring substituents is 1. The zero-order chi connectivity index (χ0) is 19.7. The fourth-order valence-corrected chi connectivity index (χ4v) is 3.90. The summed E-state index contributed by atoms with van der Waals surface area (Å²) in [6.07, 6.45) is 0. The van der Waals surface area contributed by atoms with Gasteiger partial charge in [0.25, 0.3) is 5.69 Å². The van der Waals surface area contributed by atoms with Gasteiger partial charge < -0.3 is 14.4 Å². The normalized spacial score (nSPS) is 10.9. The summed E-state index contributed by atoms with van der Waals surface area (Å²) in [7, 11) is 1.82. The van der Waals surface area contributed by atoms with Crippen molar-refractivity contribution in [3.63, 3.8) is 0 Å². The van der Waals surface area contributed by atoms with Crippen LogP contribution in [-0.4, -0.2) is 27.2 Å². The summed E-state index contributed by atoms with van der Waals surface area (Å²) in [4.78, 5) is 24.0. The maximum absolute atomic E-state index is 12.3. The van der Waals surface area contributed by atoms with Gasteiger partial charge in [0, 0.05) is 24.2 Å². The van der Waals surface area contributed by atoms with E-state index < -0.39 is 10.9 Å². The first-order valence-corrected chi connectivity index (χ1v) is 9.07. The molecule has 27 heavy (non-hydrogen) atoms. The van der Waals surface area contributed by atoms with Crippen LogP contribution < -0.4 is 0 Å². The van der Waals surface area contributed by atoms with Crippen LogP contribution >= 0.6 is 11.8 Å². The zero-order valence-corrected chi connectivity index (χ0v) is 15.9. The first-order valence-electron chi connectivity index (χ1n) is 8.25. The average molecular weight is 386 g/mol. The summed E-state index contributed by atoms with van der Waals surface area (Å²) in [6.45, 7) is 3.79. The Morgan fingerprint density at radius 1 is 1.30 bits per heavy atom. The fraction of sp³-hybridized carbons (Fsp3) is 0.211. The SMILES string of the molecule is CCOC(=O)c1c(C)n(C)c2cc(Sc3ccccc3[N+](=O)[O-])c(O)cc12. The number of phenolic OH excluding ortho intramolecular Hbond substituents is 1.